The number of anilines is 1. The number of methoxy groups -OCH3 is 1. The van der Waals surface area contributed by atoms with Crippen LogP contribution in [0.4, 0.5) is 5.82 Å². The number of nitrogens with one attached hydrogen (secondary N) is 1. The number of nitriles is 1. The molecule has 1 saturated heterocycles. The fraction of sp³-hybridized carbons (Fsp3) is 0.318. The minimum atomic E-state index is -0.0948. The van der Waals surface area contributed by atoms with Crippen molar-refractivity contribution in [2.45, 2.75) is 12.8 Å². The molecule has 0 radical (unpaired) electrons. The van der Waals surface area contributed by atoms with Gasteiger partial charge in [0.1, 0.15) is 23.1 Å². The summed E-state index contributed by atoms with van der Waals surface area (Å²) in [7, 11) is 3.62. The molecule has 4 rings (SSSR count). The van der Waals surface area contributed by atoms with E-state index in [1.165, 1.54) is 0 Å². The molecule has 3 heterocycles. The monoisotopic (exact) mass is 390 g/mol. The maximum absolute atomic E-state index is 12.8. The third-order valence-corrected chi connectivity index (χ3v) is 5.41. The van der Waals surface area contributed by atoms with Gasteiger partial charge in [-0.25, -0.2) is 4.98 Å². The standard InChI is InChI=1S/C22H22N4O3/c1-26-9-7-14(8-10-26)22(27)25-21-15(13-23)12-17-16(18-4-3-11-29-18)5-6-19(28-2)20(17)24-21/h3-6,11-12,14H,7-10H2,1-2H3,(H,24,25,27). The molecule has 0 atom stereocenters. The van der Waals surface area contributed by atoms with E-state index in [1.54, 1.807) is 25.5 Å². The molecule has 1 fully saturated rings. The van der Waals surface area contributed by atoms with Crippen LogP contribution in [0.15, 0.2) is 41.0 Å². The highest BCUT2D eigenvalue weighted by molar-refractivity contribution is 6.00. The van der Waals surface area contributed by atoms with Gasteiger partial charge in [0, 0.05) is 16.9 Å². The third kappa shape index (κ3) is 3.67. The normalized spacial score (nSPS) is 15.2. The molecule has 29 heavy (non-hydrogen) atoms. The highest BCUT2D eigenvalue weighted by Gasteiger charge is 2.25. The quantitative estimate of drug-likeness (QED) is 0.731. The number of likely N-dealkylation sites (tertiary alicyclic amines) is 1. The summed E-state index contributed by atoms with van der Waals surface area (Å²) in [6, 6.07) is 11.2. The van der Waals surface area contributed by atoms with Gasteiger partial charge < -0.3 is 19.4 Å². The summed E-state index contributed by atoms with van der Waals surface area (Å²) >= 11 is 0. The van der Waals surface area contributed by atoms with Crippen molar-refractivity contribution in [1.29, 1.82) is 5.26 Å². The van der Waals surface area contributed by atoms with Gasteiger partial charge in [0.2, 0.25) is 5.91 Å². The number of hydrogen-bond donors (Lipinski definition) is 1. The first-order valence-corrected chi connectivity index (χ1v) is 9.56. The molecule has 7 nitrogen and oxygen atoms in total. The van der Waals surface area contributed by atoms with Crippen molar-refractivity contribution >= 4 is 22.6 Å². The Labute approximate surface area is 168 Å². The average Bonchev–Trinajstić information content (AvgIpc) is 3.27. The molecule has 148 valence electrons. The Morgan fingerprint density at radius 3 is 2.79 bits per heavy atom. The largest absolute Gasteiger partial charge is 0.494 e. The van der Waals surface area contributed by atoms with Crippen molar-refractivity contribution in [2.75, 3.05) is 32.6 Å². The van der Waals surface area contributed by atoms with Crippen LogP contribution < -0.4 is 10.1 Å². The van der Waals surface area contributed by atoms with Crippen molar-refractivity contribution in [3.05, 3.63) is 42.2 Å². The van der Waals surface area contributed by atoms with Crippen molar-refractivity contribution in [2.24, 2.45) is 5.92 Å². The Morgan fingerprint density at radius 2 is 2.14 bits per heavy atom. The lowest BCUT2D eigenvalue weighted by Gasteiger charge is -2.28. The van der Waals surface area contributed by atoms with Gasteiger partial charge in [-0.15, -0.1) is 0 Å². The van der Waals surface area contributed by atoms with Crippen molar-refractivity contribution < 1.29 is 13.9 Å². The van der Waals surface area contributed by atoms with Crippen LogP contribution >= 0.6 is 0 Å². The van der Waals surface area contributed by atoms with E-state index in [1.807, 2.05) is 18.2 Å². The summed E-state index contributed by atoms with van der Waals surface area (Å²) < 4.78 is 11.0. The second-order valence-electron chi connectivity index (χ2n) is 7.25. The summed E-state index contributed by atoms with van der Waals surface area (Å²) in [6.45, 7) is 1.77. The second kappa shape index (κ2) is 7.94. The number of furan rings is 1. The molecule has 7 heteroatoms. The first-order chi connectivity index (χ1) is 14.1. The van der Waals surface area contributed by atoms with Crippen LogP contribution in [0.2, 0.25) is 0 Å². The SMILES string of the molecule is COc1ccc(-c2ccco2)c2cc(C#N)c(NC(=O)C3CCN(C)CC3)nc12. The van der Waals surface area contributed by atoms with Gasteiger partial charge in [-0.05, 0) is 63.3 Å². The number of benzene rings is 1. The molecule has 2 aromatic heterocycles. The number of amides is 1. The summed E-state index contributed by atoms with van der Waals surface area (Å²) in [5.41, 5.74) is 1.68. The van der Waals surface area contributed by atoms with E-state index >= 15 is 0 Å². The maximum Gasteiger partial charge on any atom is 0.228 e. The predicted molar refractivity (Wildman–Crippen MR) is 110 cm³/mol. The molecule has 0 saturated carbocycles. The second-order valence-corrected chi connectivity index (χ2v) is 7.25. The molecule has 0 spiro atoms. The zero-order chi connectivity index (χ0) is 20.4. The number of carbonyl (C=O) groups excluding carboxylic acids is 1. The van der Waals surface area contributed by atoms with Crippen molar-refractivity contribution in [3.63, 3.8) is 0 Å². The van der Waals surface area contributed by atoms with Gasteiger partial charge in [-0.3, -0.25) is 4.79 Å². The van der Waals surface area contributed by atoms with Gasteiger partial charge in [0.25, 0.3) is 0 Å². The van der Waals surface area contributed by atoms with Crippen molar-refractivity contribution in [3.8, 4) is 23.1 Å². The van der Waals surface area contributed by atoms with E-state index in [4.69, 9.17) is 9.15 Å². The lowest BCUT2D eigenvalue weighted by atomic mass is 9.96. The van der Waals surface area contributed by atoms with Gasteiger partial charge >= 0.3 is 0 Å². The summed E-state index contributed by atoms with van der Waals surface area (Å²) in [5.74, 6) is 1.33. The van der Waals surface area contributed by atoms with E-state index in [9.17, 15) is 10.1 Å². The number of aromatic nitrogens is 1. The number of nitrogens with zero attached hydrogens (tertiary/aromatic N) is 3. The summed E-state index contributed by atoms with van der Waals surface area (Å²) in [4.78, 5) is 19.6. The highest BCUT2D eigenvalue weighted by atomic mass is 16.5. The van der Waals surface area contributed by atoms with E-state index in [2.05, 4.69) is 28.3 Å². The van der Waals surface area contributed by atoms with Crippen LogP contribution in [-0.4, -0.2) is 43.0 Å². The number of hydrogen-bond acceptors (Lipinski definition) is 6. The molecule has 1 aromatic carbocycles. The zero-order valence-electron chi connectivity index (χ0n) is 16.4. The fourth-order valence-electron chi connectivity index (χ4n) is 3.72. The Kier molecular flexibility index (Phi) is 5.19. The van der Waals surface area contributed by atoms with Gasteiger partial charge in [0.15, 0.2) is 5.82 Å². The minimum absolute atomic E-state index is 0.0772. The van der Waals surface area contributed by atoms with Crippen molar-refractivity contribution in [1.82, 2.24) is 9.88 Å². The first kappa shape index (κ1) is 19.0. The highest BCUT2D eigenvalue weighted by Crippen LogP contribution is 2.36. The fourth-order valence-corrected chi connectivity index (χ4v) is 3.72. The van der Waals surface area contributed by atoms with Gasteiger partial charge in [0.05, 0.1) is 18.9 Å². The Morgan fingerprint density at radius 1 is 1.34 bits per heavy atom. The molecular formula is C22H22N4O3. The Bertz CT molecular complexity index is 1080. The van der Waals surface area contributed by atoms with E-state index in [-0.39, 0.29) is 17.6 Å². The molecule has 3 aromatic rings. The van der Waals surface area contributed by atoms with E-state index < -0.39 is 0 Å². The average molecular weight is 390 g/mol. The van der Waals surface area contributed by atoms with E-state index in [0.29, 0.717) is 22.6 Å². The molecule has 1 aliphatic heterocycles. The number of pyridine rings is 1. The number of fused-ring (bicyclic) bond motifs is 1. The maximum atomic E-state index is 12.8. The number of ether oxygens (including phenoxy) is 1. The van der Waals surface area contributed by atoms with Crippen LogP contribution in [0.25, 0.3) is 22.2 Å². The van der Waals surface area contributed by atoms with Gasteiger partial charge in [-0.2, -0.15) is 5.26 Å². The van der Waals surface area contributed by atoms with E-state index in [0.717, 1.165) is 36.9 Å². The lowest BCUT2D eigenvalue weighted by Crippen LogP contribution is -2.36. The smallest absolute Gasteiger partial charge is 0.228 e. The summed E-state index contributed by atoms with van der Waals surface area (Å²) in [6.07, 6.45) is 3.19. The Hall–Kier alpha value is -3.37. The third-order valence-electron chi connectivity index (χ3n) is 5.41. The zero-order valence-corrected chi connectivity index (χ0v) is 16.4. The summed E-state index contributed by atoms with van der Waals surface area (Å²) in [5, 5.41) is 13.3. The molecule has 0 aliphatic carbocycles. The number of rotatable bonds is 4. The Balaban J connectivity index is 1.75. The molecule has 1 N–H and O–H groups in total. The molecule has 1 amide bonds. The topological polar surface area (TPSA) is 91.4 Å². The van der Waals surface area contributed by atoms with Gasteiger partial charge in [-0.1, -0.05) is 0 Å². The molecule has 1 aliphatic rings. The predicted octanol–water partition coefficient (Wildman–Crippen LogP) is 3.66. The van der Waals surface area contributed by atoms with Crippen LogP contribution in [0, 0.1) is 17.2 Å². The van der Waals surface area contributed by atoms with Crippen LogP contribution in [0.1, 0.15) is 18.4 Å². The molecule has 0 bridgehead atoms. The minimum Gasteiger partial charge on any atom is -0.494 e. The number of piperidine rings is 1. The van der Waals surface area contributed by atoms with Crippen LogP contribution in [0.3, 0.4) is 0 Å². The molecule has 0 unspecified atom stereocenters. The lowest BCUT2D eigenvalue weighted by molar-refractivity contribution is -0.121. The number of carbonyl (C=O) groups is 1. The van der Waals surface area contributed by atoms with Crippen LogP contribution in [-0.2, 0) is 4.79 Å². The first-order valence-electron chi connectivity index (χ1n) is 9.56. The van der Waals surface area contributed by atoms with Crippen LogP contribution in [0.5, 0.6) is 5.75 Å². The molecular weight excluding hydrogens is 368 g/mol.